The number of hydrogen-bond acceptors (Lipinski definition) is 6. The minimum Gasteiger partial charge on any atom is -0.323 e. The summed E-state index contributed by atoms with van der Waals surface area (Å²) in [5.41, 5.74) is 4.31. The Morgan fingerprint density at radius 1 is 1.13 bits per heavy atom. The van der Waals surface area contributed by atoms with E-state index in [0.29, 0.717) is 18.5 Å². The summed E-state index contributed by atoms with van der Waals surface area (Å²) in [4.78, 5) is 18.0. The van der Waals surface area contributed by atoms with E-state index >= 15 is 0 Å². The van der Waals surface area contributed by atoms with Gasteiger partial charge in [0.1, 0.15) is 10.5 Å². The fraction of sp³-hybridized carbons (Fsp3) is 0.150. The maximum Gasteiger partial charge on any atom is 0.291 e. The van der Waals surface area contributed by atoms with Crippen LogP contribution in [0.3, 0.4) is 0 Å². The van der Waals surface area contributed by atoms with E-state index < -0.39 is 0 Å². The van der Waals surface area contributed by atoms with E-state index in [2.05, 4.69) is 25.5 Å². The van der Waals surface area contributed by atoms with Crippen LogP contribution in [0.4, 0.5) is 0 Å². The van der Waals surface area contributed by atoms with Crippen molar-refractivity contribution in [1.29, 1.82) is 0 Å². The highest BCUT2D eigenvalue weighted by Crippen LogP contribution is 2.31. The van der Waals surface area contributed by atoms with Gasteiger partial charge < -0.3 is 4.57 Å². The maximum absolute atomic E-state index is 13.3. The van der Waals surface area contributed by atoms with Crippen LogP contribution in [0.2, 0.25) is 0 Å². The minimum absolute atomic E-state index is 0.128. The van der Waals surface area contributed by atoms with Crippen LogP contribution in [-0.2, 0) is 20.0 Å². The van der Waals surface area contributed by atoms with Crippen molar-refractivity contribution >= 4 is 43.5 Å². The monoisotopic (exact) mass is 416 g/mol. The minimum atomic E-state index is -0.128. The predicted molar refractivity (Wildman–Crippen MR) is 115 cm³/mol. The molecule has 0 saturated heterocycles. The molecule has 6 rings (SSSR count). The van der Waals surface area contributed by atoms with Crippen molar-refractivity contribution in [1.82, 2.24) is 39.7 Å². The first-order valence-electron chi connectivity index (χ1n) is 9.41. The Morgan fingerprint density at radius 2 is 2.07 bits per heavy atom. The van der Waals surface area contributed by atoms with Crippen molar-refractivity contribution < 1.29 is 0 Å². The topological polar surface area (TPSA) is 110 Å². The SMILES string of the molecule is Cn1c2nc(Cc3cn[nH]c3)sc2c2cnn(Cc3cccc4[nH]ncc34)c(=O)c21. The number of aryl methyl sites for hydroxylation is 1. The number of thiazole rings is 1. The van der Waals surface area contributed by atoms with Crippen molar-refractivity contribution in [2.75, 3.05) is 0 Å². The van der Waals surface area contributed by atoms with Gasteiger partial charge in [-0.15, -0.1) is 11.3 Å². The molecular formula is C20H16N8OS. The van der Waals surface area contributed by atoms with Crippen molar-refractivity contribution in [2.45, 2.75) is 13.0 Å². The van der Waals surface area contributed by atoms with Crippen LogP contribution in [0.5, 0.6) is 0 Å². The molecule has 6 aromatic rings. The molecule has 2 N–H and O–H groups in total. The lowest BCUT2D eigenvalue weighted by Gasteiger charge is -2.07. The highest BCUT2D eigenvalue weighted by Gasteiger charge is 2.19. The fourth-order valence-electron chi connectivity index (χ4n) is 3.90. The quantitative estimate of drug-likeness (QED) is 0.459. The molecule has 0 aliphatic carbocycles. The van der Waals surface area contributed by atoms with Gasteiger partial charge >= 0.3 is 0 Å². The molecule has 10 heteroatoms. The highest BCUT2D eigenvalue weighted by atomic mass is 32.1. The van der Waals surface area contributed by atoms with E-state index in [1.54, 1.807) is 29.9 Å². The van der Waals surface area contributed by atoms with Gasteiger partial charge in [-0.3, -0.25) is 15.0 Å². The Kier molecular flexibility index (Phi) is 3.62. The Hall–Kier alpha value is -3.79. The molecule has 0 saturated carbocycles. The summed E-state index contributed by atoms with van der Waals surface area (Å²) in [5.74, 6) is 0. The summed E-state index contributed by atoms with van der Waals surface area (Å²) in [7, 11) is 1.88. The van der Waals surface area contributed by atoms with Crippen LogP contribution < -0.4 is 5.56 Å². The third kappa shape index (κ3) is 2.50. The van der Waals surface area contributed by atoms with Crippen molar-refractivity contribution in [2.24, 2.45) is 7.05 Å². The third-order valence-electron chi connectivity index (χ3n) is 5.38. The molecule has 1 aromatic carbocycles. The number of benzene rings is 1. The molecule has 5 aromatic heterocycles. The molecule has 5 heterocycles. The van der Waals surface area contributed by atoms with Crippen molar-refractivity contribution in [3.8, 4) is 0 Å². The lowest BCUT2D eigenvalue weighted by atomic mass is 10.1. The molecule has 9 nitrogen and oxygen atoms in total. The fourth-order valence-corrected chi connectivity index (χ4v) is 5.04. The molecule has 0 radical (unpaired) electrons. The van der Waals surface area contributed by atoms with E-state index in [-0.39, 0.29) is 5.56 Å². The first-order valence-corrected chi connectivity index (χ1v) is 10.2. The predicted octanol–water partition coefficient (Wildman–Crippen LogP) is 2.58. The second-order valence-corrected chi connectivity index (χ2v) is 8.30. The molecule has 0 bridgehead atoms. The van der Waals surface area contributed by atoms with E-state index in [1.807, 2.05) is 36.0 Å². The van der Waals surface area contributed by atoms with Gasteiger partial charge in [-0.2, -0.15) is 15.3 Å². The largest absolute Gasteiger partial charge is 0.323 e. The summed E-state index contributed by atoms with van der Waals surface area (Å²) in [6.45, 7) is 0.379. The number of aromatic amines is 2. The number of nitrogens with zero attached hydrogens (tertiary/aromatic N) is 6. The third-order valence-corrected chi connectivity index (χ3v) is 6.45. The lowest BCUT2D eigenvalue weighted by molar-refractivity contribution is 0.647. The molecule has 148 valence electrons. The summed E-state index contributed by atoms with van der Waals surface area (Å²) in [5, 5.41) is 21.1. The standard InChI is InChI=1S/C20H16N8OS/c1-27-17-14(18-19(27)25-16(30-18)5-11-6-21-22-7-11)9-24-28(20(17)29)10-12-3-2-4-15-13(12)8-23-26-15/h2-4,6-9H,5,10H2,1H3,(H,21,22)(H,23,26). The Morgan fingerprint density at radius 3 is 2.93 bits per heavy atom. The highest BCUT2D eigenvalue weighted by molar-refractivity contribution is 7.19. The van der Waals surface area contributed by atoms with Gasteiger partial charge in [-0.05, 0) is 17.2 Å². The zero-order valence-corrected chi connectivity index (χ0v) is 16.8. The molecule has 30 heavy (non-hydrogen) atoms. The Balaban J connectivity index is 1.45. The molecule has 0 amide bonds. The second kappa shape index (κ2) is 6.36. The van der Waals surface area contributed by atoms with Gasteiger partial charge in [0.05, 0.1) is 35.4 Å². The molecule has 0 aliphatic rings. The smallest absolute Gasteiger partial charge is 0.291 e. The van der Waals surface area contributed by atoms with Gasteiger partial charge in [0.15, 0.2) is 5.65 Å². The average Bonchev–Trinajstić information content (AvgIpc) is 3.52. The molecular weight excluding hydrogens is 400 g/mol. The van der Waals surface area contributed by atoms with Gasteiger partial charge in [0.25, 0.3) is 5.56 Å². The van der Waals surface area contributed by atoms with Crippen LogP contribution in [0, 0.1) is 0 Å². The first-order chi connectivity index (χ1) is 14.7. The van der Waals surface area contributed by atoms with E-state index in [0.717, 1.165) is 42.8 Å². The summed E-state index contributed by atoms with van der Waals surface area (Å²) >= 11 is 1.59. The van der Waals surface area contributed by atoms with Gasteiger partial charge in [-0.1, -0.05) is 12.1 Å². The number of aromatic nitrogens is 8. The van der Waals surface area contributed by atoms with Crippen LogP contribution in [0.25, 0.3) is 32.2 Å². The average molecular weight is 416 g/mol. The Labute approximate surface area is 173 Å². The zero-order chi connectivity index (χ0) is 20.2. The second-order valence-electron chi connectivity index (χ2n) is 7.22. The summed E-state index contributed by atoms with van der Waals surface area (Å²) in [6.07, 6.45) is 7.92. The maximum atomic E-state index is 13.3. The lowest BCUT2D eigenvalue weighted by Crippen LogP contribution is -2.24. The molecule has 0 atom stereocenters. The summed E-state index contributed by atoms with van der Waals surface area (Å²) in [6, 6.07) is 5.90. The first kappa shape index (κ1) is 17.1. The molecule has 0 fully saturated rings. The number of hydrogen-bond donors (Lipinski definition) is 2. The van der Waals surface area contributed by atoms with Gasteiger partial charge in [0.2, 0.25) is 0 Å². The Bertz CT molecular complexity index is 1580. The van der Waals surface area contributed by atoms with Crippen LogP contribution in [0.1, 0.15) is 16.1 Å². The number of nitrogens with one attached hydrogen (secondary N) is 2. The molecule has 0 spiro atoms. The molecule has 0 aliphatic heterocycles. The van der Waals surface area contributed by atoms with Crippen molar-refractivity contribution in [3.05, 3.63) is 69.5 Å². The molecule has 0 unspecified atom stereocenters. The van der Waals surface area contributed by atoms with Gasteiger partial charge in [0, 0.05) is 30.4 Å². The van der Waals surface area contributed by atoms with E-state index in [9.17, 15) is 4.79 Å². The zero-order valence-electron chi connectivity index (χ0n) is 16.0. The van der Waals surface area contributed by atoms with Crippen LogP contribution in [0.15, 0.2) is 47.8 Å². The number of rotatable bonds is 4. The van der Waals surface area contributed by atoms with Crippen molar-refractivity contribution in [3.63, 3.8) is 0 Å². The van der Waals surface area contributed by atoms with E-state index in [4.69, 9.17) is 4.98 Å². The van der Waals surface area contributed by atoms with E-state index in [1.165, 1.54) is 4.68 Å². The van der Waals surface area contributed by atoms with Gasteiger partial charge in [-0.25, -0.2) is 9.67 Å². The normalized spacial score (nSPS) is 11.9. The van der Waals surface area contributed by atoms with Crippen LogP contribution in [-0.4, -0.2) is 39.7 Å². The number of fused-ring (bicyclic) bond motifs is 4. The van der Waals surface area contributed by atoms with Crippen LogP contribution >= 0.6 is 11.3 Å². The number of H-pyrrole nitrogens is 2. The summed E-state index contributed by atoms with van der Waals surface area (Å²) < 4.78 is 4.36.